The van der Waals surface area contributed by atoms with Crippen LogP contribution in [0.25, 0.3) is 10.9 Å². The summed E-state index contributed by atoms with van der Waals surface area (Å²) in [4.78, 5) is 12.1. The van der Waals surface area contributed by atoms with Crippen LogP contribution in [0.1, 0.15) is 62.5 Å². The summed E-state index contributed by atoms with van der Waals surface area (Å²) in [5, 5.41) is 1.27. The molecule has 0 N–H and O–H groups in total. The fourth-order valence-electron chi connectivity index (χ4n) is 2.96. The Hall–Kier alpha value is -1.57. The highest BCUT2D eigenvalue weighted by atomic mass is 16.1. The third-order valence-electron chi connectivity index (χ3n) is 3.95. The molecule has 0 aliphatic heterocycles. The zero-order valence-electron chi connectivity index (χ0n) is 12.9. The van der Waals surface area contributed by atoms with E-state index in [9.17, 15) is 4.79 Å². The van der Waals surface area contributed by atoms with E-state index in [2.05, 4.69) is 32.0 Å². The molecule has 0 radical (unpaired) electrons. The third kappa shape index (κ3) is 2.79. The van der Waals surface area contributed by atoms with Gasteiger partial charge in [0.1, 0.15) is 0 Å². The summed E-state index contributed by atoms with van der Waals surface area (Å²) in [6, 6.07) is 8.33. The van der Waals surface area contributed by atoms with E-state index in [0.717, 1.165) is 31.2 Å². The Labute approximate surface area is 121 Å². The van der Waals surface area contributed by atoms with Gasteiger partial charge in [0, 0.05) is 18.0 Å². The predicted molar refractivity (Wildman–Crippen MR) is 85.5 cm³/mol. The van der Waals surface area contributed by atoms with E-state index in [1.807, 2.05) is 10.6 Å². The molecule has 0 bridgehead atoms. The van der Waals surface area contributed by atoms with Crippen LogP contribution in [0.5, 0.6) is 0 Å². The average molecular weight is 271 g/mol. The number of hydrogen-bond donors (Lipinski definition) is 0. The lowest BCUT2D eigenvalue weighted by molar-refractivity contribution is 0.0938. The summed E-state index contributed by atoms with van der Waals surface area (Å²) in [7, 11) is 0. The number of aryl methyl sites for hydroxylation is 1. The molecular formula is C18H25NO. The Morgan fingerprint density at radius 1 is 1.05 bits per heavy atom. The lowest BCUT2D eigenvalue weighted by Crippen LogP contribution is -2.10. The molecule has 1 aromatic heterocycles. The third-order valence-corrected chi connectivity index (χ3v) is 3.95. The standard InChI is InChI=1S/C18H25NO/c1-4-6-10-15-16-11-8-9-13-18(16)19(14(3)20)17(15)12-7-5-2/h8-9,11,13H,4-7,10,12H2,1-3H3. The molecule has 2 aromatic rings. The zero-order valence-corrected chi connectivity index (χ0v) is 12.9. The highest BCUT2D eigenvalue weighted by Crippen LogP contribution is 2.29. The van der Waals surface area contributed by atoms with Crippen LogP contribution in [0.4, 0.5) is 0 Å². The van der Waals surface area contributed by atoms with Crippen LogP contribution in [0.2, 0.25) is 0 Å². The van der Waals surface area contributed by atoms with Crippen molar-refractivity contribution in [1.82, 2.24) is 4.57 Å². The van der Waals surface area contributed by atoms with Gasteiger partial charge in [-0.2, -0.15) is 0 Å². The lowest BCUT2D eigenvalue weighted by atomic mass is 10.0. The summed E-state index contributed by atoms with van der Waals surface area (Å²) < 4.78 is 1.94. The predicted octanol–water partition coefficient (Wildman–Crippen LogP) is 4.99. The SMILES string of the molecule is CCCCc1c(CCCC)n(C(C)=O)c2ccccc12. The Balaban J connectivity index is 2.61. The van der Waals surface area contributed by atoms with E-state index in [-0.39, 0.29) is 5.91 Å². The van der Waals surface area contributed by atoms with Gasteiger partial charge in [0.15, 0.2) is 0 Å². The zero-order chi connectivity index (χ0) is 14.5. The molecule has 20 heavy (non-hydrogen) atoms. The number of rotatable bonds is 6. The minimum atomic E-state index is 0.134. The van der Waals surface area contributed by atoms with Crippen molar-refractivity contribution < 1.29 is 4.79 Å². The van der Waals surface area contributed by atoms with Gasteiger partial charge < -0.3 is 0 Å². The van der Waals surface area contributed by atoms with Gasteiger partial charge in [0.05, 0.1) is 5.52 Å². The number of nitrogens with zero attached hydrogens (tertiary/aromatic N) is 1. The fraction of sp³-hybridized carbons (Fsp3) is 0.500. The van der Waals surface area contributed by atoms with Gasteiger partial charge in [-0.1, -0.05) is 44.9 Å². The van der Waals surface area contributed by atoms with Crippen LogP contribution in [0.3, 0.4) is 0 Å². The summed E-state index contributed by atoms with van der Waals surface area (Å²) in [5.41, 5.74) is 3.72. The number of fused-ring (bicyclic) bond motifs is 1. The highest BCUT2D eigenvalue weighted by molar-refractivity contribution is 5.95. The summed E-state index contributed by atoms with van der Waals surface area (Å²) in [5.74, 6) is 0.134. The Bertz CT molecular complexity index is 595. The van der Waals surface area contributed by atoms with Crippen LogP contribution in [0.15, 0.2) is 24.3 Å². The molecule has 1 heterocycles. The second kappa shape index (κ2) is 6.74. The van der Waals surface area contributed by atoms with Gasteiger partial charge in [-0.25, -0.2) is 0 Å². The normalized spacial score (nSPS) is 11.2. The molecule has 2 nitrogen and oxygen atoms in total. The maximum Gasteiger partial charge on any atom is 0.228 e. The molecule has 0 unspecified atom stereocenters. The van der Waals surface area contributed by atoms with E-state index in [1.54, 1.807) is 6.92 Å². The minimum Gasteiger partial charge on any atom is -0.284 e. The smallest absolute Gasteiger partial charge is 0.228 e. The van der Waals surface area contributed by atoms with Crippen molar-refractivity contribution >= 4 is 16.8 Å². The fourth-order valence-corrected chi connectivity index (χ4v) is 2.96. The number of unbranched alkanes of at least 4 members (excludes halogenated alkanes) is 2. The second-order valence-electron chi connectivity index (χ2n) is 5.50. The van der Waals surface area contributed by atoms with Gasteiger partial charge in [0.2, 0.25) is 5.91 Å². The molecule has 0 atom stereocenters. The maximum absolute atomic E-state index is 12.1. The Kier molecular flexibility index (Phi) is 4.99. The van der Waals surface area contributed by atoms with Gasteiger partial charge in [-0.3, -0.25) is 9.36 Å². The van der Waals surface area contributed by atoms with Crippen LogP contribution in [0, 0.1) is 0 Å². The Morgan fingerprint density at radius 3 is 2.35 bits per heavy atom. The number of benzene rings is 1. The molecule has 0 fully saturated rings. The van der Waals surface area contributed by atoms with Crippen LogP contribution >= 0.6 is 0 Å². The molecule has 0 aliphatic rings. The number of carbonyl (C=O) groups excluding carboxylic acids is 1. The molecule has 2 heteroatoms. The molecular weight excluding hydrogens is 246 g/mol. The molecule has 0 spiro atoms. The van der Waals surface area contributed by atoms with Crippen LogP contribution in [-0.2, 0) is 12.8 Å². The van der Waals surface area contributed by atoms with Crippen LogP contribution < -0.4 is 0 Å². The average Bonchev–Trinajstić information content (AvgIpc) is 2.76. The first-order valence-electron chi connectivity index (χ1n) is 7.82. The molecule has 0 saturated heterocycles. The lowest BCUT2D eigenvalue weighted by Gasteiger charge is -2.08. The van der Waals surface area contributed by atoms with Crippen molar-refractivity contribution in [1.29, 1.82) is 0 Å². The van der Waals surface area contributed by atoms with Crippen molar-refractivity contribution in [2.24, 2.45) is 0 Å². The van der Waals surface area contributed by atoms with Gasteiger partial charge in [0.25, 0.3) is 0 Å². The summed E-state index contributed by atoms with van der Waals surface area (Å²) in [6.45, 7) is 6.09. The van der Waals surface area contributed by atoms with Crippen molar-refractivity contribution in [3.05, 3.63) is 35.5 Å². The van der Waals surface area contributed by atoms with Crippen LogP contribution in [-0.4, -0.2) is 10.5 Å². The van der Waals surface area contributed by atoms with Crippen molar-refractivity contribution in [3.63, 3.8) is 0 Å². The summed E-state index contributed by atoms with van der Waals surface area (Å²) >= 11 is 0. The number of para-hydroxylation sites is 1. The number of hydrogen-bond acceptors (Lipinski definition) is 1. The van der Waals surface area contributed by atoms with E-state index in [1.165, 1.54) is 29.5 Å². The van der Waals surface area contributed by atoms with Crippen molar-refractivity contribution in [2.45, 2.75) is 59.3 Å². The summed E-state index contributed by atoms with van der Waals surface area (Å²) in [6.07, 6.45) is 6.76. The minimum absolute atomic E-state index is 0.134. The van der Waals surface area contributed by atoms with Gasteiger partial charge >= 0.3 is 0 Å². The Morgan fingerprint density at radius 2 is 1.70 bits per heavy atom. The van der Waals surface area contributed by atoms with Gasteiger partial charge in [-0.05, 0) is 37.3 Å². The first kappa shape index (κ1) is 14.8. The number of carbonyl (C=O) groups is 1. The van der Waals surface area contributed by atoms with E-state index in [4.69, 9.17) is 0 Å². The monoisotopic (exact) mass is 271 g/mol. The van der Waals surface area contributed by atoms with E-state index < -0.39 is 0 Å². The van der Waals surface area contributed by atoms with Crippen molar-refractivity contribution in [2.75, 3.05) is 0 Å². The number of aromatic nitrogens is 1. The molecule has 0 aliphatic carbocycles. The first-order chi connectivity index (χ1) is 9.70. The molecule has 0 amide bonds. The largest absolute Gasteiger partial charge is 0.284 e. The second-order valence-corrected chi connectivity index (χ2v) is 5.50. The molecule has 108 valence electrons. The van der Waals surface area contributed by atoms with E-state index >= 15 is 0 Å². The van der Waals surface area contributed by atoms with E-state index in [0.29, 0.717) is 0 Å². The molecule has 0 saturated carbocycles. The first-order valence-corrected chi connectivity index (χ1v) is 7.82. The van der Waals surface area contributed by atoms with Gasteiger partial charge in [-0.15, -0.1) is 0 Å². The molecule has 1 aromatic carbocycles. The quantitative estimate of drug-likeness (QED) is 0.725. The molecule has 2 rings (SSSR count). The highest BCUT2D eigenvalue weighted by Gasteiger charge is 2.18. The topological polar surface area (TPSA) is 22.0 Å². The van der Waals surface area contributed by atoms with Crippen molar-refractivity contribution in [3.8, 4) is 0 Å². The maximum atomic E-state index is 12.1.